The van der Waals surface area contributed by atoms with E-state index in [1.54, 1.807) is 13.0 Å². The van der Waals surface area contributed by atoms with Crippen LogP contribution in [-0.2, 0) is 16.0 Å². The minimum absolute atomic E-state index is 0.186. The van der Waals surface area contributed by atoms with Crippen molar-refractivity contribution in [2.75, 3.05) is 6.61 Å². The summed E-state index contributed by atoms with van der Waals surface area (Å²) in [6.45, 7) is 5.32. The van der Waals surface area contributed by atoms with E-state index in [0.29, 0.717) is 6.42 Å². The molecule has 1 aromatic heterocycles. The van der Waals surface area contributed by atoms with Crippen molar-refractivity contribution in [1.82, 2.24) is 15.6 Å². The first-order valence-corrected chi connectivity index (χ1v) is 8.34. The normalized spacial score (nSPS) is 12.6. The maximum Gasteiger partial charge on any atom is 0.407 e. The Hall–Kier alpha value is -3.27. The van der Waals surface area contributed by atoms with E-state index in [4.69, 9.17) is 10.00 Å². The van der Waals surface area contributed by atoms with E-state index >= 15 is 0 Å². The molecule has 3 N–H and O–H groups in total. The molecule has 0 aliphatic carbocycles. The van der Waals surface area contributed by atoms with Crippen LogP contribution in [0.3, 0.4) is 0 Å². The molecule has 0 spiro atoms. The first-order valence-electron chi connectivity index (χ1n) is 8.34. The third kappa shape index (κ3) is 5.11. The Morgan fingerprint density at radius 1 is 1.38 bits per heavy atom. The Kier molecular flexibility index (Phi) is 6.80. The number of carbonyl (C=O) groups excluding carboxylic acids is 2. The summed E-state index contributed by atoms with van der Waals surface area (Å²) in [4.78, 5) is 27.6. The fraction of sp³-hybridized carbons (Fsp3) is 0.316. The molecular formula is C19H22N4O3. The van der Waals surface area contributed by atoms with Crippen molar-refractivity contribution in [1.29, 1.82) is 5.26 Å². The van der Waals surface area contributed by atoms with Crippen molar-refractivity contribution in [2.45, 2.75) is 31.8 Å². The first-order chi connectivity index (χ1) is 12.5. The van der Waals surface area contributed by atoms with Gasteiger partial charge in [-0.25, -0.2) is 4.79 Å². The van der Waals surface area contributed by atoms with E-state index < -0.39 is 24.1 Å². The Bertz CT molecular complexity index is 822. The number of hydrogen-bond donors (Lipinski definition) is 3. The molecule has 2 aromatic rings. The van der Waals surface area contributed by atoms with Gasteiger partial charge in [-0.3, -0.25) is 4.79 Å². The molecule has 2 atom stereocenters. The second kappa shape index (κ2) is 9.28. The molecule has 2 rings (SSSR count). The summed E-state index contributed by atoms with van der Waals surface area (Å²) in [5.41, 5.74) is 1.83. The summed E-state index contributed by atoms with van der Waals surface area (Å²) >= 11 is 0. The molecule has 136 valence electrons. The second-order valence-corrected chi connectivity index (χ2v) is 5.83. The van der Waals surface area contributed by atoms with Crippen molar-refractivity contribution in [2.24, 2.45) is 0 Å². The SMILES string of the molecule is C=CCCOC(=O)NC(Cc1c[nH]c2ccccc12)C(=O)NC(C)C#N. The summed E-state index contributed by atoms with van der Waals surface area (Å²) in [6.07, 6.45) is 3.56. The van der Waals surface area contributed by atoms with Gasteiger partial charge in [-0.15, -0.1) is 6.58 Å². The number of aromatic amines is 1. The van der Waals surface area contributed by atoms with Gasteiger partial charge in [0.25, 0.3) is 0 Å². The van der Waals surface area contributed by atoms with Crippen molar-refractivity contribution in [3.05, 3.63) is 48.7 Å². The van der Waals surface area contributed by atoms with Gasteiger partial charge >= 0.3 is 6.09 Å². The van der Waals surface area contributed by atoms with E-state index in [1.165, 1.54) is 0 Å². The first kappa shape index (κ1) is 19.1. The van der Waals surface area contributed by atoms with E-state index in [0.717, 1.165) is 16.5 Å². The number of nitrogens with one attached hydrogen (secondary N) is 3. The molecule has 2 amide bonds. The summed E-state index contributed by atoms with van der Waals surface area (Å²) in [6, 6.07) is 8.11. The monoisotopic (exact) mass is 354 g/mol. The van der Waals surface area contributed by atoms with Crippen LogP contribution >= 0.6 is 0 Å². The molecule has 0 saturated heterocycles. The van der Waals surface area contributed by atoms with Crippen molar-refractivity contribution < 1.29 is 14.3 Å². The molecule has 1 aromatic carbocycles. The summed E-state index contributed by atoms with van der Waals surface area (Å²) in [5.74, 6) is -0.440. The third-order valence-corrected chi connectivity index (χ3v) is 3.82. The number of nitrogens with zero attached hydrogens (tertiary/aromatic N) is 1. The molecular weight excluding hydrogens is 332 g/mol. The lowest BCUT2D eigenvalue weighted by molar-refractivity contribution is -0.123. The van der Waals surface area contributed by atoms with Gasteiger partial charge in [0.15, 0.2) is 0 Å². The van der Waals surface area contributed by atoms with Gasteiger partial charge in [-0.2, -0.15) is 5.26 Å². The summed E-state index contributed by atoms with van der Waals surface area (Å²) in [5, 5.41) is 15.0. The molecule has 26 heavy (non-hydrogen) atoms. The highest BCUT2D eigenvalue weighted by Gasteiger charge is 2.24. The van der Waals surface area contributed by atoms with E-state index in [1.807, 2.05) is 36.5 Å². The van der Waals surface area contributed by atoms with E-state index in [-0.39, 0.29) is 13.0 Å². The standard InChI is InChI=1S/C19H22N4O3/c1-3-4-9-26-19(25)23-17(18(24)22-13(2)11-20)10-14-12-21-16-8-6-5-7-15(14)16/h3,5-8,12-13,17,21H,1,4,9-10H2,2H3,(H,22,24)(H,23,25). The fourth-order valence-corrected chi connectivity index (χ4v) is 2.49. The highest BCUT2D eigenvalue weighted by molar-refractivity contribution is 5.88. The average Bonchev–Trinajstić information content (AvgIpc) is 3.04. The molecule has 1 heterocycles. The topological polar surface area (TPSA) is 107 Å². The summed E-state index contributed by atoms with van der Waals surface area (Å²) < 4.78 is 5.03. The number of benzene rings is 1. The zero-order valence-electron chi connectivity index (χ0n) is 14.6. The minimum atomic E-state index is -0.860. The molecule has 0 radical (unpaired) electrons. The number of amides is 2. The number of H-pyrrole nitrogens is 1. The number of nitriles is 1. The van der Waals surface area contributed by atoms with Crippen LogP contribution in [0.2, 0.25) is 0 Å². The molecule has 7 heteroatoms. The Labute approximate surface area is 152 Å². The number of aromatic nitrogens is 1. The fourth-order valence-electron chi connectivity index (χ4n) is 2.49. The number of fused-ring (bicyclic) bond motifs is 1. The minimum Gasteiger partial charge on any atom is -0.449 e. The van der Waals surface area contributed by atoms with Crippen LogP contribution in [0.1, 0.15) is 18.9 Å². The summed E-state index contributed by atoms with van der Waals surface area (Å²) in [7, 11) is 0. The van der Waals surface area contributed by atoms with Gasteiger partial charge in [0, 0.05) is 23.5 Å². The predicted molar refractivity (Wildman–Crippen MR) is 98.3 cm³/mol. The molecule has 0 aliphatic rings. The van der Waals surface area contributed by atoms with Crippen molar-refractivity contribution in [3.63, 3.8) is 0 Å². The molecule has 7 nitrogen and oxygen atoms in total. The molecule has 0 bridgehead atoms. The number of carbonyl (C=O) groups is 2. The van der Waals surface area contributed by atoms with Crippen molar-refractivity contribution >= 4 is 22.9 Å². The van der Waals surface area contributed by atoms with Crippen LogP contribution in [0.5, 0.6) is 0 Å². The molecule has 2 unspecified atom stereocenters. The molecule has 0 aliphatic heterocycles. The Morgan fingerprint density at radius 3 is 2.88 bits per heavy atom. The Balaban J connectivity index is 2.14. The van der Waals surface area contributed by atoms with Gasteiger partial charge in [0.05, 0.1) is 12.7 Å². The maximum absolute atomic E-state index is 12.5. The predicted octanol–water partition coefficient (Wildman–Crippen LogP) is 2.41. The highest BCUT2D eigenvalue weighted by Crippen LogP contribution is 2.19. The number of alkyl carbamates (subject to hydrolysis) is 1. The van der Waals surface area contributed by atoms with Crippen LogP contribution < -0.4 is 10.6 Å². The number of rotatable bonds is 8. The highest BCUT2D eigenvalue weighted by atomic mass is 16.5. The molecule has 0 saturated carbocycles. The van der Waals surface area contributed by atoms with Crippen LogP contribution in [0.15, 0.2) is 43.1 Å². The largest absolute Gasteiger partial charge is 0.449 e. The van der Waals surface area contributed by atoms with Gasteiger partial charge in [-0.1, -0.05) is 24.3 Å². The van der Waals surface area contributed by atoms with E-state index in [2.05, 4.69) is 22.2 Å². The third-order valence-electron chi connectivity index (χ3n) is 3.82. The van der Waals surface area contributed by atoms with Crippen LogP contribution in [-0.4, -0.2) is 35.7 Å². The van der Waals surface area contributed by atoms with Gasteiger partial charge < -0.3 is 20.4 Å². The number of para-hydroxylation sites is 1. The maximum atomic E-state index is 12.5. The van der Waals surface area contributed by atoms with Gasteiger partial charge in [0.2, 0.25) is 5.91 Å². The average molecular weight is 354 g/mol. The molecule has 0 fully saturated rings. The van der Waals surface area contributed by atoms with E-state index in [9.17, 15) is 9.59 Å². The quantitative estimate of drug-likeness (QED) is 0.500. The smallest absolute Gasteiger partial charge is 0.407 e. The van der Waals surface area contributed by atoms with Crippen molar-refractivity contribution in [3.8, 4) is 6.07 Å². The number of hydrogen-bond acceptors (Lipinski definition) is 4. The van der Waals surface area contributed by atoms with Crippen LogP contribution in [0.4, 0.5) is 4.79 Å². The lowest BCUT2D eigenvalue weighted by Gasteiger charge is -2.19. The van der Waals surface area contributed by atoms with Crippen LogP contribution in [0.25, 0.3) is 10.9 Å². The Morgan fingerprint density at radius 2 is 2.15 bits per heavy atom. The lowest BCUT2D eigenvalue weighted by atomic mass is 10.0. The zero-order valence-corrected chi connectivity index (χ0v) is 14.6. The lowest BCUT2D eigenvalue weighted by Crippen LogP contribution is -2.50. The second-order valence-electron chi connectivity index (χ2n) is 5.83. The van der Waals surface area contributed by atoms with Gasteiger partial charge in [-0.05, 0) is 25.0 Å². The number of ether oxygens (including phenoxy) is 1. The van der Waals surface area contributed by atoms with Gasteiger partial charge in [0.1, 0.15) is 12.1 Å². The zero-order chi connectivity index (χ0) is 18.9. The van der Waals surface area contributed by atoms with Crippen LogP contribution in [0, 0.1) is 11.3 Å².